The van der Waals surface area contributed by atoms with Gasteiger partial charge in [-0.25, -0.2) is 0 Å². The van der Waals surface area contributed by atoms with Crippen molar-refractivity contribution in [3.8, 4) is 0 Å². The Morgan fingerprint density at radius 2 is 1.89 bits per heavy atom. The average molecular weight is 366 g/mol. The minimum atomic E-state index is 0.807. The zero-order valence-electron chi connectivity index (χ0n) is 10.6. The zero-order chi connectivity index (χ0) is 13.1. The van der Waals surface area contributed by atoms with E-state index >= 15 is 0 Å². The molecule has 19 heavy (non-hydrogen) atoms. The summed E-state index contributed by atoms with van der Waals surface area (Å²) in [4.78, 5) is 6.75. The highest BCUT2D eigenvalue weighted by Gasteiger charge is 2.14. The lowest BCUT2D eigenvalue weighted by Crippen LogP contribution is -2.16. The van der Waals surface area contributed by atoms with E-state index in [-0.39, 0.29) is 0 Å². The lowest BCUT2D eigenvalue weighted by molar-refractivity contribution is 0.550. The molecule has 0 bridgehead atoms. The van der Waals surface area contributed by atoms with Crippen molar-refractivity contribution in [1.29, 1.82) is 0 Å². The van der Waals surface area contributed by atoms with E-state index in [9.17, 15) is 0 Å². The monoisotopic (exact) mass is 366 g/mol. The molecule has 1 aliphatic rings. The molecule has 4 heteroatoms. The standard InChI is InChI=1S/C15H15IN2O/c16-13-5-1-2-6-14(13)17-11-12-7-8-15(19-12)18-9-3-4-10-18/h1-2,5-8,11H,3-4,9-10H2. The minimum absolute atomic E-state index is 0.807. The van der Waals surface area contributed by atoms with Crippen molar-refractivity contribution < 1.29 is 4.42 Å². The maximum absolute atomic E-state index is 5.80. The highest BCUT2D eigenvalue weighted by Crippen LogP contribution is 2.23. The van der Waals surface area contributed by atoms with E-state index in [1.54, 1.807) is 6.21 Å². The predicted octanol–water partition coefficient (Wildman–Crippen LogP) is 4.24. The van der Waals surface area contributed by atoms with Gasteiger partial charge in [-0.05, 0) is 53.6 Å². The van der Waals surface area contributed by atoms with E-state index in [1.165, 1.54) is 12.8 Å². The van der Waals surface area contributed by atoms with Crippen LogP contribution in [0.1, 0.15) is 18.6 Å². The van der Waals surface area contributed by atoms with Crippen molar-refractivity contribution in [2.45, 2.75) is 12.8 Å². The molecule has 1 aromatic heterocycles. The van der Waals surface area contributed by atoms with E-state index < -0.39 is 0 Å². The Hall–Kier alpha value is -1.30. The first-order chi connectivity index (χ1) is 9.33. The Balaban J connectivity index is 1.75. The number of anilines is 1. The van der Waals surface area contributed by atoms with Crippen LogP contribution in [0.25, 0.3) is 0 Å². The van der Waals surface area contributed by atoms with Crippen molar-refractivity contribution in [2.24, 2.45) is 4.99 Å². The van der Waals surface area contributed by atoms with Gasteiger partial charge in [0.25, 0.3) is 0 Å². The van der Waals surface area contributed by atoms with E-state index in [4.69, 9.17) is 4.42 Å². The van der Waals surface area contributed by atoms with Crippen LogP contribution >= 0.6 is 22.6 Å². The van der Waals surface area contributed by atoms with E-state index in [0.29, 0.717) is 0 Å². The number of hydrogen-bond donors (Lipinski definition) is 0. The molecule has 0 saturated carbocycles. The third-order valence-corrected chi connectivity index (χ3v) is 4.13. The second-order valence-corrected chi connectivity index (χ2v) is 5.74. The number of nitrogens with zero attached hydrogens (tertiary/aromatic N) is 2. The van der Waals surface area contributed by atoms with E-state index in [2.05, 4.69) is 32.5 Å². The Morgan fingerprint density at radius 3 is 2.68 bits per heavy atom. The third-order valence-electron chi connectivity index (χ3n) is 3.21. The van der Waals surface area contributed by atoms with Gasteiger partial charge in [-0.1, -0.05) is 12.1 Å². The predicted molar refractivity (Wildman–Crippen MR) is 86.6 cm³/mol. The normalized spacial score (nSPS) is 15.5. The summed E-state index contributed by atoms with van der Waals surface area (Å²) in [5, 5.41) is 0. The molecule has 1 saturated heterocycles. The Labute approximate surface area is 126 Å². The van der Waals surface area contributed by atoms with E-state index in [1.807, 2.05) is 36.4 Å². The molecule has 1 aliphatic heterocycles. The molecule has 0 aliphatic carbocycles. The van der Waals surface area contributed by atoms with Gasteiger partial charge in [0, 0.05) is 22.7 Å². The summed E-state index contributed by atoms with van der Waals surface area (Å²) in [6.07, 6.45) is 4.30. The second kappa shape index (κ2) is 5.77. The summed E-state index contributed by atoms with van der Waals surface area (Å²) in [6, 6.07) is 12.1. The number of hydrogen-bond acceptors (Lipinski definition) is 3. The minimum Gasteiger partial charge on any atom is -0.440 e. The highest BCUT2D eigenvalue weighted by atomic mass is 127. The first-order valence-corrected chi connectivity index (χ1v) is 7.54. The molecule has 2 aromatic rings. The maximum atomic E-state index is 5.80. The number of halogens is 1. The van der Waals surface area contributed by atoms with Crippen LogP contribution in [0.15, 0.2) is 45.8 Å². The summed E-state index contributed by atoms with van der Waals surface area (Å²) in [5.74, 6) is 1.77. The largest absolute Gasteiger partial charge is 0.440 e. The summed E-state index contributed by atoms with van der Waals surface area (Å²) in [5.41, 5.74) is 0.974. The smallest absolute Gasteiger partial charge is 0.196 e. The first-order valence-electron chi connectivity index (χ1n) is 6.46. The molecular formula is C15H15IN2O. The number of benzene rings is 1. The molecular weight excluding hydrogens is 351 g/mol. The summed E-state index contributed by atoms with van der Waals surface area (Å²) in [7, 11) is 0. The zero-order valence-corrected chi connectivity index (χ0v) is 12.7. The van der Waals surface area contributed by atoms with Crippen molar-refractivity contribution in [2.75, 3.05) is 18.0 Å². The average Bonchev–Trinajstić information content (AvgIpc) is 3.09. The van der Waals surface area contributed by atoms with Gasteiger partial charge in [0.1, 0.15) is 5.76 Å². The molecule has 0 radical (unpaired) electrons. The van der Waals surface area contributed by atoms with Crippen molar-refractivity contribution in [3.63, 3.8) is 0 Å². The number of furan rings is 1. The maximum Gasteiger partial charge on any atom is 0.196 e. The summed E-state index contributed by atoms with van der Waals surface area (Å²) < 4.78 is 6.94. The molecule has 0 atom stereocenters. The van der Waals surface area contributed by atoms with Crippen LogP contribution in [0, 0.1) is 3.57 Å². The van der Waals surface area contributed by atoms with Crippen LogP contribution in [0.5, 0.6) is 0 Å². The molecule has 0 amide bonds. The molecule has 98 valence electrons. The van der Waals surface area contributed by atoms with Gasteiger partial charge >= 0.3 is 0 Å². The molecule has 0 unspecified atom stereocenters. The van der Waals surface area contributed by atoms with Crippen molar-refractivity contribution in [3.05, 3.63) is 45.7 Å². The second-order valence-electron chi connectivity index (χ2n) is 4.58. The number of para-hydroxylation sites is 1. The van der Waals surface area contributed by atoms with Crippen LogP contribution in [-0.4, -0.2) is 19.3 Å². The molecule has 2 heterocycles. The fraction of sp³-hybridized carbons (Fsp3) is 0.267. The fourth-order valence-electron chi connectivity index (χ4n) is 2.21. The van der Waals surface area contributed by atoms with Gasteiger partial charge in [0.05, 0.1) is 11.9 Å². The van der Waals surface area contributed by atoms with Crippen LogP contribution in [0.2, 0.25) is 0 Å². The lowest BCUT2D eigenvalue weighted by Gasteiger charge is -2.12. The molecule has 1 fully saturated rings. The highest BCUT2D eigenvalue weighted by molar-refractivity contribution is 14.1. The van der Waals surface area contributed by atoms with Crippen LogP contribution in [-0.2, 0) is 0 Å². The van der Waals surface area contributed by atoms with E-state index in [0.717, 1.165) is 34.0 Å². The van der Waals surface area contributed by atoms with Gasteiger partial charge in [-0.15, -0.1) is 0 Å². The topological polar surface area (TPSA) is 28.7 Å². The first kappa shape index (κ1) is 12.7. The SMILES string of the molecule is Ic1ccccc1N=Cc1ccc(N2CCCC2)o1. The van der Waals surface area contributed by atoms with Gasteiger partial charge in [-0.3, -0.25) is 4.99 Å². The van der Waals surface area contributed by atoms with Crippen LogP contribution in [0.3, 0.4) is 0 Å². The number of rotatable bonds is 3. The third kappa shape index (κ3) is 3.00. The molecule has 0 N–H and O–H groups in total. The van der Waals surface area contributed by atoms with Gasteiger partial charge in [-0.2, -0.15) is 0 Å². The summed E-state index contributed by atoms with van der Waals surface area (Å²) >= 11 is 2.29. The number of aliphatic imine (C=N–C) groups is 1. The van der Waals surface area contributed by atoms with Gasteiger partial charge in [0.15, 0.2) is 5.88 Å². The van der Waals surface area contributed by atoms with Gasteiger partial charge < -0.3 is 9.32 Å². The Morgan fingerprint density at radius 1 is 1.11 bits per heavy atom. The molecule has 3 nitrogen and oxygen atoms in total. The fourth-order valence-corrected chi connectivity index (χ4v) is 2.74. The van der Waals surface area contributed by atoms with Gasteiger partial charge in [0.2, 0.25) is 0 Å². The quantitative estimate of drug-likeness (QED) is 0.601. The van der Waals surface area contributed by atoms with Crippen molar-refractivity contribution in [1.82, 2.24) is 0 Å². The Kier molecular flexibility index (Phi) is 3.87. The molecule has 3 rings (SSSR count). The van der Waals surface area contributed by atoms with Crippen LogP contribution in [0.4, 0.5) is 11.6 Å². The lowest BCUT2D eigenvalue weighted by atomic mass is 10.3. The molecule has 0 spiro atoms. The summed E-state index contributed by atoms with van der Waals surface area (Å²) in [6.45, 7) is 2.20. The van der Waals surface area contributed by atoms with Crippen LogP contribution < -0.4 is 4.90 Å². The Bertz CT molecular complexity index is 585. The molecule has 1 aromatic carbocycles. The van der Waals surface area contributed by atoms with Crippen molar-refractivity contribution >= 4 is 40.4 Å².